The normalized spacial score (nSPS) is 11.0. The molecule has 0 saturated carbocycles. The number of rotatable bonds is 8. The number of ether oxygens (including phenoxy) is 2. The molecule has 0 aromatic heterocycles. The van der Waals surface area contributed by atoms with Crippen LogP contribution in [0.15, 0.2) is 64.6 Å². The standard InChI is InChI=1S/C27H24BrIN2O3/c1-4-33-25-14-20(12-21(15-30)27(32)31-23-9-7-22(28)8-10-23)13-24(29)26(25)34-16-19-6-5-17(2)18(3)11-19/h5-14H,4,16H2,1-3H3,(H,31,32)/b21-12+. The molecule has 0 aliphatic rings. The second-order valence-corrected chi connectivity index (χ2v) is 9.68. The first-order valence-electron chi connectivity index (χ1n) is 10.6. The Balaban J connectivity index is 1.84. The van der Waals surface area contributed by atoms with Gasteiger partial charge in [-0.2, -0.15) is 5.26 Å². The first-order chi connectivity index (χ1) is 16.3. The van der Waals surface area contributed by atoms with Crippen LogP contribution in [-0.2, 0) is 11.4 Å². The summed E-state index contributed by atoms with van der Waals surface area (Å²) in [4.78, 5) is 12.6. The topological polar surface area (TPSA) is 71.3 Å². The summed E-state index contributed by atoms with van der Waals surface area (Å²) in [6.07, 6.45) is 1.55. The third-order valence-electron chi connectivity index (χ3n) is 5.06. The van der Waals surface area contributed by atoms with Crippen LogP contribution >= 0.6 is 38.5 Å². The molecule has 0 bridgehead atoms. The highest BCUT2D eigenvalue weighted by atomic mass is 127. The lowest BCUT2D eigenvalue weighted by Crippen LogP contribution is -2.13. The fourth-order valence-electron chi connectivity index (χ4n) is 3.17. The molecule has 0 aliphatic heterocycles. The Labute approximate surface area is 222 Å². The zero-order chi connectivity index (χ0) is 24.7. The molecule has 7 heteroatoms. The molecule has 3 aromatic rings. The monoisotopic (exact) mass is 630 g/mol. The first kappa shape index (κ1) is 25.8. The summed E-state index contributed by atoms with van der Waals surface area (Å²) in [6, 6.07) is 19.0. The van der Waals surface area contributed by atoms with Gasteiger partial charge in [-0.3, -0.25) is 4.79 Å². The average molecular weight is 631 g/mol. The maximum absolute atomic E-state index is 12.6. The third kappa shape index (κ3) is 6.84. The van der Waals surface area contributed by atoms with Gasteiger partial charge in [0.25, 0.3) is 5.91 Å². The van der Waals surface area contributed by atoms with Gasteiger partial charge in [0, 0.05) is 10.2 Å². The molecule has 0 unspecified atom stereocenters. The molecule has 0 radical (unpaired) electrons. The number of benzene rings is 3. The summed E-state index contributed by atoms with van der Waals surface area (Å²) in [6.45, 7) is 6.92. The average Bonchev–Trinajstić information content (AvgIpc) is 2.80. The SMILES string of the molecule is CCOc1cc(/C=C(\C#N)C(=O)Nc2ccc(Br)cc2)cc(I)c1OCc1ccc(C)c(C)c1. The molecule has 3 aromatic carbocycles. The Morgan fingerprint density at radius 2 is 1.82 bits per heavy atom. The van der Waals surface area contributed by atoms with Crippen LogP contribution in [0.25, 0.3) is 6.08 Å². The number of carbonyl (C=O) groups excluding carboxylic acids is 1. The van der Waals surface area contributed by atoms with E-state index in [4.69, 9.17) is 9.47 Å². The lowest BCUT2D eigenvalue weighted by atomic mass is 10.1. The Morgan fingerprint density at radius 1 is 1.09 bits per heavy atom. The van der Waals surface area contributed by atoms with Crippen molar-refractivity contribution in [3.8, 4) is 17.6 Å². The number of carbonyl (C=O) groups is 1. The number of hydrogen-bond acceptors (Lipinski definition) is 4. The molecule has 0 atom stereocenters. The van der Waals surface area contributed by atoms with E-state index in [1.165, 1.54) is 11.1 Å². The molecule has 1 N–H and O–H groups in total. The molecule has 0 spiro atoms. The second kappa shape index (κ2) is 12.0. The van der Waals surface area contributed by atoms with Crippen LogP contribution in [-0.4, -0.2) is 12.5 Å². The Morgan fingerprint density at radius 3 is 2.47 bits per heavy atom. The van der Waals surface area contributed by atoms with Gasteiger partial charge in [0.1, 0.15) is 18.2 Å². The predicted molar refractivity (Wildman–Crippen MR) is 147 cm³/mol. The molecular formula is C27H24BrIN2O3. The zero-order valence-electron chi connectivity index (χ0n) is 19.1. The van der Waals surface area contributed by atoms with E-state index in [9.17, 15) is 10.1 Å². The van der Waals surface area contributed by atoms with Gasteiger partial charge in [-0.1, -0.05) is 34.1 Å². The van der Waals surface area contributed by atoms with Crippen molar-refractivity contribution in [2.24, 2.45) is 0 Å². The molecule has 0 aliphatic carbocycles. The molecule has 174 valence electrons. The Kier molecular flexibility index (Phi) is 9.13. The van der Waals surface area contributed by atoms with Crippen LogP contribution in [0, 0.1) is 28.7 Å². The van der Waals surface area contributed by atoms with E-state index >= 15 is 0 Å². The molecular weight excluding hydrogens is 607 g/mol. The largest absolute Gasteiger partial charge is 0.490 e. The summed E-state index contributed by atoms with van der Waals surface area (Å²) in [7, 11) is 0. The Hall–Kier alpha value is -2.83. The summed E-state index contributed by atoms with van der Waals surface area (Å²) in [5.74, 6) is 0.721. The van der Waals surface area contributed by atoms with Crippen LogP contribution in [0.1, 0.15) is 29.2 Å². The van der Waals surface area contributed by atoms with Crippen LogP contribution in [0.5, 0.6) is 11.5 Å². The maximum Gasteiger partial charge on any atom is 0.266 e. The lowest BCUT2D eigenvalue weighted by molar-refractivity contribution is -0.112. The number of halogens is 2. The number of hydrogen-bond donors (Lipinski definition) is 1. The molecule has 0 saturated heterocycles. The van der Waals surface area contributed by atoms with E-state index < -0.39 is 5.91 Å². The quantitative estimate of drug-likeness (QED) is 0.162. The van der Waals surface area contributed by atoms with Crippen LogP contribution < -0.4 is 14.8 Å². The highest BCUT2D eigenvalue weighted by molar-refractivity contribution is 14.1. The third-order valence-corrected chi connectivity index (χ3v) is 6.39. The predicted octanol–water partition coefficient (Wildman–Crippen LogP) is 7.19. The molecule has 34 heavy (non-hydrogen) atoms. The number of nitrogens with zero attached hydrogens (tertiary/aromatic N) is 1. The van der Waals surface area contributed by atoms with E-state index in [0.29, 0.717) is 36.0 Å². The van der Waals surface area contributed by atoms with Crippen LogP contribution in [0.4, 0.5) is 5.69 Å². The van der Waals surface area contributed by atoms with Gasteiger partial charge in [-0.15, -0.1) is 0 Å². The lowest BCUT2D eigenvalue weighted by Gasteiger charge is -2.15. The van der Waals surface area contributed by atoms with Crippen molar-refractivity contribution >= 4 is 56.2 Å². The van der Waals surface area contributed by atoms with E-state index in [-0.39, 0.29) is 5.57 Å². The van der Waals surface area contributed by atoms with Crippen molar-refractivity contribution < 1.29 is 14.3 Å². The molecule has 1 amide bonds. The van der Waals surface area contributed by atoms with Gasteiger partial charge < -0.3 is 14.8 Å². The van der Waals surface area contributed by atoms with Gasteiger partial charge >= 0.3 is 0 Å². The Bertz CT molecular complexity index is 1260. The number of aryl methyl sites for hydroxylation is 2. The van der Waals surface area contributed by atoms with Gasteiger partial charge in [0.05, 0.1) is 10.2 Å². The van der Waals surface area contributed by atoms with E-state index in [1.807, 2.05) is 31.2 Å². The molecule has 0 heterocycles. The summed E-state index contributed by atoms with van der Waals surface area (Å²) in [5, 5.41) is 12.3. The number of amides is 1. The molecule has 0 fully saturated rings. The van der Waals surface area contributed by atoms with Crippen molar-refractivity contribution in [3.63, 3.8) is 0 Å². The van der Waals surface area contributed by atoms with Crippen molar-refractivity contribution in [3.05, 3.63) is 90.5 Å². The highest BCUT2D eigenvalue weighted by Crippen LogP contribution is 2.35. The highest BCUT2D eigenvalue weighted by Gasteiger charge is 2.15. The van der Waals surface area contributed by atoms with Crippen molar-refractivity contribution in [1.29, 1.82) is 5.26 Å². The summed E-state index contributed by atoms with van der Waals surface area (Å²) in [5.41, 5.74) is 4.79. The summed E-state index contributed by atoms with van der Waals surface area (Å²) < 4.78 is 13.7. The fourth-order valence-corrected chi connectivity index (χ4v) is 4.22. The summed E-state index contributed by atoms with van der Waals surface area (Å²) >= 11 is 5.54. The number of nitriles is 1. The van der Waals surface area contributed by atoms with E-state index in [0.717, 1.165) is 13.6 Å². The van der Waals surface area contributed by atoms with Crippen LogP contribution in [0.2, 0.25) is 0 Å². The minimum Gasteiger partial charge on any atom is -0.490 e. The fraction of sp³-hybridized carbons (Fsp3) is 0.185. The van der Waals surface area contributed by atoms with Crippen molar-refractivity contribution in [1.82, 2.24) is 0 Å². The van der Waals surface area contributed by atoms with Crippen molar-refractivity contribution in [2.75, 3.05) is 11.9 Å². The van der Waals surface area contributed by atoms with Gasteiger partial charge in [-0.05, 0) is 108 Å². The van der Waals surface area contributed by atoms with E-state index in [1.54, 1.807) is 24.3 Å². The first-order valence-corrected chi connectivity index (χ1v) is 12.5. The maximum atomic E-state index is 12.6. The molecule has 5 nitrogen and oxygen atoms in total. The smallest absolute Gasteiger partial charge is 0.266 e. The molecule has 3 rings (SSSR count). The van der Waals surface area contributed by atoms with E-state index in [2.05, 4.69) is 75.9 Å². The van der Waals surface area contributed by atoms with Gasteiger partial charge in [0.15, 0.2) is 11.5 Å². The minimum atomic E-state index is -0.479. The second-order valence-electron chi connectivity index (χ2n) is 7.60. The minimum absolute atomic E-state index is 0.00929. The number of anilines is 1. The number of nitrogens with one attached hydrogen (secondary N) is 1. The van der Waals surface area contributed by atoms with Crippen LogP contribution in [0.3, 0.4) is 0 Å². The zero-order valence-corrected chi connectivity index (χ0v) is 22.9. The van der Waals surface area contributed by atoms with Crippen molar-refractivity contribution in [2.45, 2.75) is 27.4 Å². The van der Waals surface area contributed by atoms with Gasteiger partial charge in [-0.25, -0.2) is 0 Å². The van der Waals surface area contributed by atoms with Gasteiger partial charge in [0.2, 0.25) is 0 Å².